The quantitative estimate of drug-likeness (QED) is 0.743. The van der Waals surface area contributed by atoms with Gasteiger partial charge in [-0.3, -0.25) is 0 Å². The average molecular weight is 240 g/mol. The summed E-state index contributed by atoms with van der Waals surface area (Å²) in [6.45, 7) is 0. The van der Waals surface area contributed by atoms with Gasteiger partial charge in [0.15, 0.2) is 6.04 Å². The molecule has 16 heavy (non-hydrogen) atoms. The highest BCUT2D eigenvalue weighted by molar-refractivity contribution is 7.10. The van der Waals surface area contributed by atoms with Crippen LogP contribution in [0.1, 0.15) is 23.8 Å². The predicted molar refractivity (Wildman–Crippen MR) is 59.4 cm³/mol. The van der Waals surface area contributed by atoms with Gasteiger partial charge in [-0.2, -0.15) is 0 Å². The van der Waals surface area contributed by atoms with E-state index in [9.17, 15) is 9.59 Å². The zero-order chi connectivity index (χ0) is 11.5. The average Bonchev–Trinajstić information content (AvgIpc) is 2.87. The first kappa shape index (κ1) is 10.9. The molecule has 0 spiro atoms. The first-order valence-electron chi connectivity index (χ1n) is 5.00. The van der Waals surface area contributed by atoms with Crippen molar-refractivity contribution in [2.75, 3.05) is 0 Å². The van der Waals surface area contributed by atoms with Crippen LogP contribution in [0.3, 0.4) is 0 Å². The minimum atomic E-state index is -1.05. The number of carboxylic acids is 1. The van der Waals surface area contributed by atoms with E-state index in [0.717, 1.165) is 12.8 Å². The molecule has 1 atom stereocenters. The standard InChI is InChI=1S/C10H12N2O3S/c13-9(14)8(7-2-1-5-16-7)12-10(15)11-6-3-4-6/h1-2,5-6,8H,3-4H2,(H,13,14)(H2,11,12,15). The summed E-state index contributed by atoms with van der Waals surface area (Å²) in [6.07, 6.45) is 1.95. The van der Waals surface area contributed by atoms with Crippen LogP contribution in [-0.2, 0) is 4.79 Å². The molecule has 5 nitrogen and oxygen atoms in total. The molecule has 1 unspecified atom stereocenters. The van der Waals surface area contributed by atoms with Crippen molar-refractivity contribution in [3.63, 3.8) is 0 Å². The summed E-state index contributed by atoms with van der Waals surface area (Å²) in [6, 6.07) is 2.30. The van der Waals surface area contributed by atoms with Crippen molar-refractivity contribution < 1.29 is 14.7 Å². The maximum atomic E-state index is 11.4. The van der Waals surface area contributed by atoms with Gasteiger partial charge in [0.1, 0.15) is 0 Å². The zero-order valence-corrected chi connectivity index (χ0v) is 9.29. The van der Waals surface area contributed by atoms with E-state index in [1.165, 1.54) is 11.3 Å². The van der Waals surface area contributed by atoms with Gasteiger partial charge in [-0.15, -0.1) is 11.3 Å². The number of amides is 2. The molecule has 1 aliphatic carbocycles. The summed E-state index contributed by atoms with van der Waals surface area (Å²) in [4.78, 5) is 23.0. The molecule has 86 valence electrons. The molecule has 0 aromatic carbocycles. The van der Waals surface area contributed by atoms with Gasteiger partial charge < -0.3 is 15.7 Å². The van der Waals surface area contributed by atoms with Crippen molar-refractivity contribution in [3.05, 3.63) is 22.4 Å². The van der Waals surface area contributed by atoms with Crippen LogP contribution in [0.4, 0.5) is 4.79 Å². The Bertz CT molecular complexity index is 387. The Morgan fingerprint density at radius 3 is 2.75 bits per heavy atom. The number of hydrogen-bond donors (Lipinski definition) is 3. The van der Waals surface area contributed by atoms with E-state index in [1.54, 1.807) is 17.5 Å². The second-order valence-electron chi connectivity index (χ2n) is 3.68. The molecule has 1 aliphatic rings. The van der Waals surface area contributed by atoms with Crippen molar-refractivity contribution in [2.45, 2.75) is 24.9 Å². The van der Waals surface area contributed by atoms with Gasteiger partial charge in [0.25, 0.3) is 0 Å². The highest BCUT2D eigenvalue weighted by atomic mass is 32.1. The number of nitrogens with one attached hydrogen (secondary N) is 2. The van der Waals surface area contributed by atoms with Crippen LogP contribution in [0, 0.1) is 0 Å². The molecule has 1 aromatic heterocycles. The van der Waals surface area contributed by atoms with Crippen LogP contribution in [0.5, 0.6) is 0 Å². The molecule has 1 aromatic rings. The van der Waals surface area contributed by atoms with Crippen molar-refractivity contribution in [1.82, 2.24) is 10.6 Å². The van der Waals surface area contributed by atoms with Crippen molar-refractivity contribution >= 4 is 23.3 Å². The molecule has 3 N–H and O–H groups in total. The number of urea groups is 1. The Morgan fingerprint density at radius 1 is 1.50 bits per heavy atom. The van der Waals surface area contributed by atoms with Gasteiger partial charge in [0, 0.05) is 10.9 Å². The van der Waals surface area contributed by atoms with E-state index in [4.69, 9.17) is 5.11 Å². The molecule has 1 fully saturated rings. The summed E-state index contributed by atoms with van der Waals surface area (Å²) in [5, 5.41) is 15.9. The van der Waals surface area contributed by atoms with Gasteiger partial charge in [-0.1, -0.05) is 6.07 Å². The van der Waals surface area contributed by atoms with Crippen molar-refractivity contribution in [1.29, 1.82) is 0 Å². The Balaban J connectivity index is 1.97. The number of carbonyl (C=O) groups excluding carboxylic acids is 1. The molecular formula is C10H12N2O3S. The number of hydrogen-bond acceptors (Lipinski definition) is 3. The SMILES string of the molecule is O=C(NC1CC1)NC(C(=O)O)c1cccs1. The van der Waals surface area contributed by atoms with Gasteiger partial charge in [-0.25, -0.2) is 9.59 Å². The van der Waals surface area contributed by atoms with Crippen LogP contribution in [0.25, 0.3) is 0 Å². The molecule has 2 amide bonds. The van der Waals surface area contributed by atoms with Crippen LogP contribution in [-0.4, -0.2) is 23.1 Å². The number of thiophene rings is 1. The molecule has 0 radical (unpaired) electrons. The highest BCUT2D eigenvalue weighted by Crippen LogP contribution is 2.21. The molecule has 0 saturated heterocycles. The number of carboxylic acid groups (broad SMARTS) is 1. The van der Waals surface area contributed by atoms with Gasteiger partial charge in [0.2, 0.25) is 0 Å². The number of carbonyl (C=O) groups is 2. The second kappa shape index (κ2) is 4.52. The van der Waals surface area contributed by atoms with E-state index in [1.807, 2.05) is 0 Å². The van der Waals surface area contributed by atoms with Crippen LogP contribution >= 0.6 is 11.3 Å². The first-order valence-corrected chi connectivity index (χ1v) is 5.88. The summed E-state index contributed by atoms with van der Waals surface area (Å²) < 4.78 is 0. The fourth-order valence-corrected chi connectivity index (χ4v) is 2.06. The topological polar surface area (TPSA) is 78.4 Å². The monoisotopic (exact) mass is 240 g/mol. The van der Waals surface area contributed by atoms with Gasteiger partial charge in [-0.05, 0) is 24.3 Å². The molecule has 0 aliphatic heterocycles. The van der Waals surface area contributed by atoms with Gasteiger partial charge in [0.05, 0.1) is 0 Å². The molecular weight excluding hydrogens is 228 g/mol. The Kier molecular flexibility index (Phi) is 3.09. The lowest BCUT2D eigenvalue weighted by Gasteiger charge is -2.13. The molecule has 1 saturated carbocycles. The maximum Gasteiger partial charge on any atom is 0.331 e. The van der Waals surface area contributed by atoms with Crippen molar-refractivity contribution in [3.8, 4) is 0 Å². The second-order valence-corrected chi connectivity index (χ2v) is 4.66. The number of aliphatic carboxylic acids is 1. The summed E-state index contributed by atoms with van der Waals surface area (Å²) >= 11 is 1.31. The summed E-state index contributed by atoms with van der Waals surface area (Å²) in [5.74, 6) is -1.05. The predicted octanol–water partition coefficient (Wildman–Crippen LogP) is 1.34. The van der Waals surface area contributed by atoms with Crippen molar-refractivity contribution in [2.24, 2.45) is 0 Å². The number of rotatable bonds is 4. The van der Waals surface area contributed by atoms with Crippen LogP contribution in [0.15, 0.2) is 17.5 Å². The van der Waals surface area contributed by atoms with Crippen LogP contribution in [0.2, 0.25) is 0 Å². The molecule has 1 heterocycles. The van der Waals surface area contributed by atoms with E-state index in [2.05, 4.69) is 10.6 Å². The smallest absolute Gasteiger partial charge is 0.331 e. The lowest BCUT2D eigenvalue weighted by molar-refractivity contribution is -0.139. The Labute approximate surface area is 96.5 Å². The van der Waals surface area contributed by atoms with Gasteiger partial charge >= 0.3 is 12.0 Å². The van der Waals surface area contributed by atoms with E-state index < -0.39 is 18.0 Å². The summed E-state index contributed by atoms with van der Waals surface area (Å²) in [7, 11) is 0. The summed E-state index contributed by atoms with van der Waals surface area (Å²) in [5.41, 5.74) is 0. The Morgan fingerprint density at radius 2 is 2.25 bits per heavy atom. The zero-order valence-electron chi connectivity index (χ0n) is 8.47. The van der Waals surface area contributed by atoms with E-state index >= 15 is 0 Å². The minimum absolute atomic E-state index is 0.220. The van der Waals surface area contributed by atoms with E-state index in [-0.39, 0.29) is 6.04 Å². The molecule has 6 heteroatoms. The maximum absolute atomic E-state index is 11.4. The largest absolute Gasteiger partial charge is 0.479 e. The third-order valence-corrected chi connectivity index (χ3v) is 3.20. The third kappa shape index (κ3) is 2.73. The minimum Gasteiger partial charge on any atom is -0.479 e. The fourth-order valence-electron chi connectivity index (χ4n) is 1.30. The van der Waals surface area contributed by atoms with Crippen LogP contribution < -0.4 is 10.6 Å². The van der Waals surface area contributed by atoms with E-state index in [0.29, 0.717) is 4.88 Å². The molecule has 2 rings (SSSR count). The highest BCUT2D eigenvalue weighted by Gasteiger charge is 2.27. The lowest BCUT2D eigenvalue weighted by atomic mass is 10.2. The third-order valence-electron chi connectivity index (χ3n) is 2.26. The lowest BCUT2D eigenvalue weighted by Crippen LogP contribution is -2.41. The molecule has 0 bridgehead atoms. The fraction of sp³-hybridized carbons (Fsp3) is 0.400. The normalized spacial score (nSPS) is 16.5. The first-order chi connectivity index (χ1) is 7.66. The Hall–Kier alpha value is -1.56.